The largest absolute Gasteiger partial charge is 0.508 e. The van der Waals surface area contributed by atoms with Gasteiger partial charge in [0.05, 0.1) is 19.1 Å². The molecule has 4 aromatic carbocycles. The van der Waals surface area contributed by atoms with Gasteiger partial charge in [0.2, 0.25) is 47.3 Å². The van der Waals surface area contributed by atoms with Crippen LogP contribution in [0.1, 0.15) is 61.8 Å². The zero-order valence-electron chi connectivity index (χ0n) is 49.9. The number of primary amides is 2. The average Bonchev–Trinajstić information content (AvgIpc) is 2.66. The number of phenols is 1. The summed E-state index contributed by atoms with van der Waals surface area (Å²) in [6, 6.07) is 16.1. The van der Waals surface area contributed by atoms with Gasteiger partial charge in [0.1, 0.15) is 48.0 Å². The van der Waals surface area contributed by atoms with Crippen LogP contribution in [0.25, 0.3) is 21.8 Å². The molecule has 2 aromatic heterocycles. The SMILES string of the molecule is CNC(=N)NCCC[C@H](NC(=O)[C@H](CC(C)C)NC(=O)NNC(=O)[C@H](Cc1ccccc1)NC(=O)[C@H](CO)NC(=O)[C@H](CC(N)=O)NC(=O)[C@H](Cc1c[nH]c2ccccc12)NC(=O)[C@@H](N)Cc1ccc(O)cc1)C(=O)N[C@@H](Cc1c[nH]c2ccccc12)C(N)=O. The Kier molecular flexibility index (Phi) is 25.6. The van der Waals surface area contributed by atoms with Crippen LogP contribution in [0.15, 0.2) is 116 Å². The molecule has 29 nitrogen and oxygen atoms in total. The molecule has 22 N–H and O–H groups in total. The van der Waals surface area contributed by atoms with E-state index in [2.05, 4.69) is 68.7 Å². The number of amides is 11. The van der Waals surface area contributed by atoms with Gasteiger partial charge in [0.25, 0.3) is 5.91 Å². The lowest BCUT2D eigenvalue weighted by Crippen LogP contribution is -2.61. The van der Waals surface area contributed by atoms with Gasteiger partial charge in [-0.15, -0.1) is 0 Å². The third kappa shape index (κ3) is 20.8. The lowest BCUT2D eigenvalue weighted by Gasteiger charge is -2.26. The van der Waals surface area contributed by atoms with Gasteiger partial charge in [-0.1, -0.05) is 92.7 Å². The Bertz CT molecular complexity index is 3480. The van der Waals surface area contributed by atoms with E-state index < -0.39 is 121 Å². The minimum atomic E-state index is -1.84. The number of hydrogen-bond acceptors (Lipinski definition) is 14. The molecule has 0 aliphatic heterocycles. The Balaban J connectivity index is 1.12. The molecule has 8 atom stereocenters. The van der Waals surface area contributed by atoms with Crippen molar-refractivity contribution in [1.82, 2.24) is 68.7 Å². The summed E-state index contributed by atoms with van der Waals surface area (Å²) in [7, 11) is 1.54. The molecule has 0 radical (unpaired) electrons. The van der Waals surface area contributed by atoms with Gasteiger partial charge >= 0.3 is 6.03 Å². The molecule has 2 heterocycles. The number of hydrogen-bond donors (Lipinski definition) is 19. The van der Waals surface area contributed by atoms with Crippen molar-refractivity contribution in [2.24, 2.45) is 23.1 Å². The van der Waals surface area contributed by atoms with E-state index in [1.54, 1.807) is 100 Å². The first-order chi connectivity index (χ1) is 43.0. The fraction of sp³-hybridized carbons (Fsp3) is 0.361. The van der Waals surface area contributed by atoms with Crippen LogP contribution in [0, 0.1) is 11.3 Å². The third-order valence-electron chi connectivity index (χ3n) is 14.5. The molecule has 0 fully saturated rings. The van der Waals surface area contributed by atoms with E-state index in [-0.39, 0.29) is 69.1 Å². The van der Waals surface area contributed by atoms with Crippen LogP contribution < -0.4 is 75.9 Å². The number of nitrogens with one attached hydrogen (secondary N) is 14. The second-order valence-electron chi connectivity index (χ2n) is 21.9. The maximum Gasteiger partial charge on any atom is 0.334 e. The number of rotatable bonds is 32. The van der Waals surface area contributed by atoms with Crippen molar-refractivity contribution in [2.45, 2.75) is 114 Å². The van der Waals surface area contributed by atoms with Crippen molar-refractivity contribution in [2.75, 3.05) is 20.2 Å². The predicted molar refractivity (Wildman–Crippen MR) is 333 cm³/mol. The van der Waals surface area contributed by atoms with Crippen molar-refractivity contribution in [1.29, 1.82) is 5.41 Å². The van der Waals surface area contributed by atoms with Gasteiger partial charge in [-0.2, -0.15) is 0 Å². The minimum Gasteiger partial charge on any atom is -0.508 e. The first-order valence-corrected chi connectivity index (χ1v) is 29.1. The Morgan fingerprint density at radius 1 is 0.533 bits per heavy atom. The average molecular weight is 1240 g/mol. The Morgan fingerprint density at radius 2 is 1.02 bits per heavy atom. The molecule has 11 amide bonds. The van der Waals surface area contributed by atoms with E-state index >= 15 is 0 Å². The normalized spacial score (nSPS) is 13.8. The molecule has 0 aliphatic carbocycles. The highest BCUT2D eigenvalue weighted by atomic mass is 16.3. The summed E-state index contributed by atoms with van der Waals surface area (Å²) in [5, 5.41) is 52.8. The van der Waals surface area contributed by atoms with Gasteiger partial charge in [0.15, 0.2) is 5.96 Å². The molecule has 6 aromatic rings. The van der Waals surface area contributed by atoms with Gasteiger partial charge in [-0.3, -0.25) is 54.0 Å². The van der Waals surface area contributed by atoms with Crippen LogP contribution in [0.5, 0.6) is 5.75 Å². The topological polar surface area (TPSA) is 477 Å². The number of para-hydroxylation sites is 2. The number of aromatic hydroxyl groups is 1. The highest BCUT2D eigenvalue weighted by Gasteiger charge is 2.35. The maximum atomic E-state index is 14.2. The molecular formula is C61H79N17O12. The maximum absolute atomic E-state index is 14.2. The van der Waals surface area contributed by atoms with E-state index in [9.17, 15) is 58.2 Å². The summed E-state index contributed by atoms with van der Waals surface area (Å²) < 4.78 is 0. The van der Waals surface area contributed by atoms with Gasteiger partial charge in [-0.25, -0.2) is 10.2 Å². The van der Waals surface area contributed by atoms with Crippen LogP contribution in [-0.4, -0.2) is 154 Å². The van der Waals surface area contributed by atoms with Crippen LogP contribution in [0.3, 0.4) is 0 Å². The zero-order valence-corrected chi connectivity index (χ0v) is 49.9. The Morgan fingerprint density at radius 3 is 1.61 bits per heavy atom. The standard InChI is InChI=1S/C61H79N17O12/c1-33(2)24-46(55(85)70-44(18-11-23-67-60(65)66-3)54(84)71-45(52(64)82)27-36-30-68-42-16-9-7-14-39(36)42)76-61(90)78-77-59(89)47(26-34-12-5-4-6-13-34)73-58(88)50(32-79)75-57(87)49(29-51(63)81)74-56(86)48(28-37-31-69-43-17-10-8-15-40(37)43)72-53(83)41(62)25-35-19-21-38(80)22-20-35/h4-10,12-17,19-22,30-31,33,41,44-50,68-69,79-80H,11,18,23-29,32,62H2,1-3H3,(H2,63,81)(H2,64,82)(H,70,85)(H,71,84)(H,72,83)(H,73,88)(H,74,86)(H,75,87)(H,77,89)(H3,65,66,67)(H2,76,78,90)/t41-,44-,45-,46-,47-,48-,49-,50-/m0/s1. The van der Waals surface area contributed by atoms with E-state index in [0.717, 1.165) is 16.4 Å². The zero-order chi connectivity index (χ0) is 65.4. The molecular weight excluding hydrogens is 1160 g/mol. The van der Waals surface area contributed by atoms with E-state index in [0.29, 0.717) is 27.6 Å². The highest BCUT2D eigenvalue weighted by molar-refractivity contribution is 5.99. The lowest BCUT2D eigenvalue weighted by atomic mass is 10.0. The number of nitrogens with two attached hydrogens (primary N) is 3. The number of urea groups is 1. The Hall–Kier alpha value is -10.6. The fourth-order valence-corrected chi connectivity index (χ4v) is 9.73. The predicted octanol–water partition coefficient (Wildman–Crippen LogP) is -1.52. The number of aliphatic hydroxyl groups excluding tert-OH is 1. The highest BCUT2D eigenvalue weighted by Crippen LogP contribution is 2.21. The number of aliphatic hydroxyl groups is 1. The van der Waals surface area contributed by atoms with Crippen LogP contribution in [-0.2, 0) is 68.8 Å². The lowest BCUT2D eigenvalue weighted by molar-refractivity contribution is -0.136. The monoisotopic (exact) mass is 1240 g/mol. The molecule has 0 unspecified atom stereocenters. The fourth-order valence-electron chi connectivity index (χ4n) is 9.73. The Labute approximate surface area is 517 Å². The third-order valence-corrected chi connectivity index (χ3v) is 14.5. The van der Waals surface area contributed by atoms with Crippen molar-refractivity contribution in [3.8, 4) is 5.75 Å². The molecule has 480 valence electrons. The summed E-state index contributed by atoms with van der Waals surface area (Å²) in [4.78, 5) is 143. The second kappa shape index (κ2) is 33.5. The number of H-pyrrole nitrogens is 2. The smallest absolute Gasteiger partial charge is 0.334 e. The molecule has 0 aliphatic rings. The summed E-state index contributed by atoms with van der Waals surface area (Å²) in [5.74, 6) is -8.72. The number of aromatic amines is 2. The molecule has 0 saturated heterocycles. The van der Waals surface area contributed by atoms with Gasteiger partial charge < -0.3 is 85.2 Å². The second-order valence-corrected chi connectivity index (χ2v) is 21.9. The molecule has 6 rings (SSSR count). The van der Waals surface area contributed by atoms with Crippen LogP contribution >= 0.6 is 0 Å². The van der Waals surface area contributed by atoms with Gasteiger partial charge in [0, 0.05) is 67.1 Å². The quantitative estimate of drug-likeness (QED) is 0.00988. The molecule has 90 heavy (non-hydrogen) atoms. The number of hydrazine groups is 1. The van der Waals surface area contributed by atoms with Crippen LogP contribution in [0.4, 0.5) is 4.79 Å². The molecule has 0 bridgehead atoms. The number of carbonyl (C=O) groups is 10. The number of fused-ring (bicyclic) bond motifs is 2. The first-order valence-electron chi connectivity index (χ1n) is 29.1. The van der Waals surface area contributed by atoms with E-state index in [4.69, 9.17) is 22.6 Å². The van der Waals surface area contributed by atoms with Crippen molar-refractivity contribution < 1.29 is 58.2 Å². The van der Waals surface area contributed by atoms with E-state index in [1.807, 2.05) is 24.3 Å². The summed E-state index contributed by atoms with van der Waals surface area (Å²) in [5.41, 5.74) is 25.9. The number of aromatic nitrogens is 2. The summed E-state index contributed by atoms with van der Waals surface area (Å²) in [6.07, 6.45) is 2.47. The van der Waals surface area contributed by atoms with Crippen molar-refractivity contribution >= 4 is 87.0 Å². The minimum absolute atomic E-state index is 0.00118. The molecule has 0 spiro atoms. The van der Waals surface area contributed by atoms with Crippen molar-refractivity contribution in [3.05, 3.63) is 138 Å². The molecule has 0 saturated carbocycles. The van der Waals surface area contributed by atoms with E-state index in [1.165, 1.54) is 12.1 Å². The van der Waals surface area contributed by atoms with Crippen LogP contribution in [0.2, 0.25) is 0 Å². The van der Waals surface area contributed by atoms with Crippen molar-refractivity contribution in [3.63, 3.8) is 0 Å². The number of phenolic OH excluding ortho intramolecular Hbond substituents is 1. The number of carbonyl (C=O) groups excluding carboxylic acids is 10. The summed E-state index contributed by atoms with van der Waals surface area (Å²) in [6.45, 7) is 2.68. The first kappa shape index (κ1) is 68.6. The summed E-state index contributed by atoms with van der Waals surface area (Å²) >= 11 is 0. The van der Waals surface area contributed by atoms with Gasteiger partial charge in [-0.05, 0) is 78.1 Å². The number of benzene rings is 4. The molecule has 29 heteroatoms. The number of guanidine groups is 1.